The second kappa shape index (κ2) is 7.59. The molecule has 2 aromatic heterocycles. The van der Waals surface area contributed by atoms with Crippen molar-refractivity contribution < 1.29 is 4.79 Å². The number of carbonyl (C=O) groups excluding carboxylic acids is 1. The maximum Gasteiger partial charge on any atom is 0.293 e. The number of nitrogens with one attached hydrogen (secondary N) is 1. The Hall–Kier alpha value is -3.74. The fourth-order valence-electron chi connectivity index (χ4n) is 3.70. The molecule has 0 saturated heterocycles. The van der Waals surface area contributed by atoms with Crippen molar-refractivity contribution in [1.82, 2.24) is 19.6 Å². The highest BCUT2D eigenvalue weighted by Gasteiger charge is 2.17. The van der Waals surface area contributed by atoms with Crippen LogP contribution in [0.2, 0.25) is 0 Å². The largest absolute Gasteiger partial charge is 0.324 e. The number of anilines is 1. The average molecular weight is 401 g/mol. The van der Waals surface area contributed by atoms with Crippen molar-refractivity contribution in [2.24, 2.45) is 0 Å². The SMILES string of the molecule is Cc1cc(C)cc(NC(=O)Cn2nc(C)c3cnn(-c4ccccc4C)c3c2=O)c1. The van der Waals surface area contributed by atoms with Crippen LogP contribution in [0.4, 0.5) is 5.69 Å². The lowest BCUT2D eigenvalue weighted by molar-refractivity contribution is -0.117. The van der Waals surface area contributed by atoms with Gasteiger partial charge in [-0.1, -0.05) is 24.3 Å². The predicted octanol–water partition coefficient (Wildman–Crippen LogP) is 3.45. The van der Waals surface area contributed by atoms with Gasteiger partial charge in [0, 0.05) is 11.1 Å². The Balaban J connectivity index is 1.72. The second-order valence-electron chi connectivity index (χ2n) is 7.58. The van der Waals surface area contributed by atoms with Crippen LogP contribution in [0.25, 0.3) is 16.6 Å². The van der Waals surface area contributed by atoms with Crippen LogP contribution in [0.5, 0.6) is 0 Å². The summed E-state index contributed by atoms with van der Waals surface area (Å²) in [6.07, 6.45) is 1.64. The molecule has 7 heteroatoms. The molecule has 0 unspecified atom stereocenters. The number of nitrogens with zero attached hydrogens (tertiary/aromatic N) is 4. The van der Waals surface area contributed by atoms with Crippen molar-refractivity contribution in [2.75, 3.05) is 5.32 Å². The van der Waals surface area contributed by atoms with Gasteiger partial charge < -0.3 is 5.32 Å². The van der Waals surface area contributed by atoms with E-state index in [0.717, 1.165) is 22.4 Å². The highest BCUT2D eigenvalue weighted by atomic mass is 16.2. The first-order valence-corrected chi connectivity index (χ1v) is 9.73. The molecule has 0 spiro atoms. The van der Waals surface area contributed by atoms with E-state index >= 15 is 0 Å². The number of para-hydroxylation sites is 1. The molecule has 0 bridgehead atoms. The summed E-state index contributed by atoms with van der Waals surface area (Å²) >= 11 is 0. The molecule has 0 saturated carbocycles. The quantitative estimate of drug-likeness (QED) is 0.568. The first-order chi connectivity index (χ1) is 14.3. The molecule has 4 rings (SSSR count). The topological polar surface area (TPSA) is 81.8 Å². The molecule has 2 aromatic carbocycles. The Bertz CT molecular complexity index is 1310. The minimum absolute atomic E-state index is 0.179. The smallest absolute Gasteiger partial charge is 0.293 e. The van der Waals surface area contributed by atoms with Gasteiger partial charge in [-0.15, -0.1) is 0 Å². The Morgan fingerprint density at radius 3 is 2.43 bits per heavy atom. The van der Waals surface area contributed by atoms with Crippen LogP contribution in [0, 0.1) is 27.7 Å². The van der Waals surface area contributed by atoms with Crippen molar-refractivity contribution in [3.05, 3.63) is 81.4 Å². The number of hydrogen-bond donors (Lipinski definition) is 1. The van der Waals surface area contributed by atoms with Crippen molar-refractivity contribution in [1.29, 1.82) is 0 Å². The highest BCUT2D eigenvalue weighted by Crippen LogP contribution is 2.19. The molecule has 1 amide bonds. The van der Waals surface area contributed by atoms with Gasteiger partial charge >= 0.3 is 0 Å². The zero-order valence-electron chi connectivity index (χ0n) is 17.4. The predicted molar refractivity (Wildman–Crippen MR) is 117 cm³/mol. The van der Waals surface area contributed by atoms with Crippen LogP contribution in [-0.2, 0) is 11.3 Å². The number of carbonyl (C=O) groups is 1. The molecule has 0 aliphatic rings. The fourth-order valence-corrected chi connectivity index (χ4v) is 3.70. The van der Waals surface area contributed by atoms with Gasteiger partial charge in [0.25, 0.3) is 5.56 Å². The van der Waals surface area contributed by atoms with E-state index in [9.17, 15) is 9.59 Å². The summed E-state index contributed by atoms with van der Waals surface area (Å²) in [6.45, 7) is 7.54. The zero-order valence-corrected chi connectivity index (χ0v) is 17.4. The van der Waals surface area contributed by atoms with E-state index < -0.39 is 0 Å². The van der Waals surface area contributed by atoms with Crippen molar-refractivity contribution in [2.45, 2.75) is 34.2 Å². The molecule has 2 heterocycles. The Morgan fingerprint density at radius 2 is 1.73 bits per heavy atom. The van der Waals surface area contributed by atoms with Crippen LogP contribution >= 0.6 is 0 Å². The van der Waals surface area contributed by atoms with Crippen LogP contribution in [0.3, 0.4) is 0 Å². The van der Waals surface area contributed by atoms with Gasteiger partial charge in [-0.25, -0.2) is 9.36 Å². The van der Waals surface area contributed by atoms with Crippen LogP contribution in [0.15, 0.2) is 53.5 Å². The Kier molecular flexibility index (Phi) is 4.95. The Morgan fingerprint density at radius 1 is 1.03 bits per heavy atom. The molecular weight excluding hydrogens is 378 g/mol. The maximum absolute atomic E-state index is 13.2. The highest BCUT2D eigenvalue weighted by molar-refractivity contribution is 5.91. The van der Waals surface area contributed by atoms with E-state index in [1.54, 1.807) is 10.9 Å². The van der Waals surface area contributed by atoms with Crippen molar-refractivity contribution in [3.63, 3.8) is 0 Å². The lowest BCUT2D eigenvalue weighted by Crippen LogP contribution is -2.31. The zero-order chi connectivity index (χ0) is 21.4. The summed E-state index contributed by atoms with van der Waals surface area (Å²) in [5.41, 5.74) is 5.33. The van der Waals surface area contributed by atoms with E-state index in [-0.39, 0.29) is 18.0 Å². The minimum atomic E-state index is -0.355. The minimum Gasteiger partial charge on any atom is -0.324 e. The van der Waals surface area contributed by atoms with Crippen molar-refractivity contribution >= 4 is 22.5 Å². The molecule has 0 atom stereocenters. The third-order valence-corrected chi connectivity index (χ3v) is 5.01. The molecule has 0 radical (unpaired) electrons. The molecular formula is C23H23N5O2. The van der Waals surface area contributed by atoms with E-state index in [4.69, 9.17) is 0 Å². The molecule has 152 valence electrons. The second-order valence-corrected chi connectivity index (χ2v) is 7.58. The van der Waals surface area contributed by atoms with Crippen molar-refractivity contribution in [3.8, 4) is 5.69 Å². The average Bonchev–Trinajstić information content (AvgIpc) is 3.11. The molecule has 0 aliphatic carbocycles. The van der Waals surface area contributed by atoms with Crippen LogP contribution < -0.4 is 10.9 Å². The van der Waals surface area contributed by atoms with Gasteiger partial charge in [-0.3, -0.25) is 9.59 Å². The standard InChI is InChI=1S/C23H23N5O2/c1-14-9-15(2)11-18(10-14)25-21(29)13-27-23(30)22-19(17(4)26-27)12-24-28(22)20-8-6-5-7-16(20)3/h5-12H,13H2,1-4H3,(H,25,29). The summed E-state index contributed by atoms with van der Waals surface area (Å²) in [5, 5.41) is 12.3. The molecule has 4 aromatic rings. The molecule has 0 aliphatic heterocycles. The lowest BCUT2D eigenvalue weighted by Gasteiger charge is -2.11. The third-order valence-electron chi connectivity index (χ3n) is 5.01. The maximum atomic E-state index is 13.2. The van der Waals surface area contributed by atoms with Gasteiger partial charge in [0.05, 0.1) is 17.6 Å². The van der Waals surface area contributed by atoms with Gasteiger partial charge in [0.1, 0.15) is 12.1 Å². The molecule has 30 heavy (non-hydrogen) atoms. The normalized spacial score (nSPS) is 11.1. The van der Waals surface area contributed by atoms with Crippen LogP contribution in [0.1, 0.15) is 22.4 Å². The number of amides is 1. The number of aromatic nitrogens is 4. The summed E-state index contributed by atoms with van der Waals surface area (Å²) in [5.74, 6) is -0.310. The summed E-state index contributed by atoms with van der Waals surface area (Å²) < 4.78 is 2.83. The van der Waals surface area contributed by atoms with Gasteiger partial charge in [-0.2, -0.15) is 10.2 Å². The number of fused-ring (bicyclic) bond motifs is 1. The molecule has 0 fully saturated rings. The Labute approximate surface area is 174 Å². The summed E-state index contributed by atoms with van der Waals surface area (Å²) in [6, 6.07) is 13.5. The third kappa shape index (κ3) is 3.61. The van der Waals surface area contributed by atoms with Crippen LogP contribution in [-0.4, -0.2) is 25.5 Å². The summed E-state index contributed by atoms with van der Waals surface area (Å²) in [4.78, 5) is 25.8. The van der Waals surface area contributed by atoms with Gasteiger partial charge in [0.15, 0.2) is 0 Å². The number of benzene rings is 2. The number of aryl methyl sites for hydroxylation is 4. The first-order valence-electron chi connectivity index (χ1n) is 9.73. The lowest BCUT2D eigenvalue weighted by atomic mass is 10.1. The van der Waals surface area contributed by atoms with E-state index in [1.807, 2.05) is 70.2 Å². The molecule has 1 N–H and O–H groups in total. The monoisotopic (exact) mass is 401 g/mol. The first kappa shape index (κ1) is 19.6. The summed E-state index contributed by atoms with van der Waals surface area (Å²) in [7, 11) is 0. The number of rotatable bonds is 4. The van der Waals surface area contributed by atoms with Gasteiger partial charge in [-0.05, 0) is 62.6 Å². The van der Waals surface area contributed by atoms with E-state index in [2.05, 4.69) is 15.5 Å². The van der Waals surface area contributed by atoms with Gasteiger partial charge in [0.2, 0.25) is 5.91 Å². The molecule has 7 nitrogen and oxygen atoms in total. The number of hydrogen-bond acceptors (Lipinski definition) is 4. The van der Waals surface area contributed by atoms with E-state index in [0.29, 0.717) is 22.3 Å². The van der Waals surface area contributed by atoms with E-state index in [1.165, 1.54) is 4.68 Å². The fraction of sp³-hybridized carbons (Fsp3) is 0.217.